The van der Waals surface area contributed by atoms with Gasteiger partial charge in [0.1, 0.15) is 11.3 Å². The van der Waals surface area contributed by atoms with Gasteiger partial charge in [0.15, 0.2) is 0 Å². The second-order valence-electron chi connectivity index (χ2n) is 5.64. The Bertz CT molecular complexity index is 515. The van der Waals surface area contributed by atoms with E-state index in [2.05, 4.69) is 24.0 Å². The van der Waals surface area contributed by atoms with Crippen LogP contribution in [0.4, 0.5) is 0 Å². The maximum atomic E-state index is 5.94. The molecule has 1 aromatic carbocycles. The topological polar surface area (TPSA) is 42.4 Å². The molecule has 3 rings (SSSR count). The maximum Gasteiger partial charge on any atom is 0.134 e. The van der Waals surface area contributed by atoms with E-state index in [4.69, 9.17) is 10.2 Å². The van der Waals surface area contributed by atoms with E-state index < -0.39 is 0 Å². The molecule has 2 atom stereocenters. The number of hydrogen-bond acceptors (Lipinski definition) is 3. The second-order valence-corrected chi connectivity index (χ2v) is 5.64. The molecule has 3 nitrogen and oxygen atoms in total. The lowest BCUT2D eigenvalue weighted by Gasteiger charge is -2.38. The number of rotatable bonds is 3. The van der Waals surface area contributed by atoms with Crippen LogP contribution in [0.25, 0.3) is 11.0 Å². The van der Waals surface area contributed by atoms with E-state index in [0.29, 0.717) is 12.0 Å². The Morgan fingerprint density at radius 2 is 2.21 bits per heavy atom. The van der Waals surface area contributed by atoms with Gasteiger partial charge in [0.2, 0.25) is 0 Å². The highest BCUT2D eigenvalue weighted by atomic mass is 16.3. The number of piperidine rings is 1. The average Bonchev–Trinajstić information content (AvgIpc) is 2.81. The third kappa shape index (κ3) is 2.53. The number of likely N-dealkylation sites (tertiary alicyclic amines) is 1. The summed E-state index contributed by atoms with van der Waals surface area (Å²) in [7, 11) is 0. The fourth-order valence-corrected chi connectivity index (χ4v) is 3.23. The van der Waals surface area contributed by atoms with Crippen LogP contribution in [0.3, 0.4) is 0 Å². The summed E-state index contributed by atoms with van der Waals surface area (Å²) in [5.74, 6) is 1.73. The highest BCUT2D eigenvalue weighted by Crippen LogP contribution is 2.26. The van der Waals surface area contributed by atoms with E-state index >= 15 is 0 Å². The van der Waals surface area contributed by atoms with Crippen molar-refractivity contribution in [2.45, 2.75) is 32.4 Å². The highest BCUT2D eigenvalue weighted by Gasteiger charge is 2.27. The first-order valence-electron chi connectivity index (χ1n) is 7.19. The molecule has 0 aliphatic carbocycles. The van der Waals surface area contributed by atoms with Crippen LogP contribution < -0.4 is 5.73 Å². The first-order valence-corrected chi connectivity index (χ1v) is 7.19. The molecule has 2 N–H and O–H groups in total. The predicted octanol–water partition coefficient (Wildman–Crippen LogP) is 2.99. The molecule has 19 heavy (non-hydrogen) atoms. The summed E-state index contributed by atoms with van der Waals surface area (Å²) < 4.78 is 5.92. The van der Waals surface area contributed by atoms with Crippen LogP contribution in [0.5, 0.6) is 0 Å². The van der Waals surface area contributed by atoms with E-state index in [0.717, 1.165) is 31.0 Å². The van der Waals surface area contributed by atoms with E-state index in [1.54, 1.807) is 0 Å². The highest BCUT2D eigenvalue weighted by molar-refractivity contribution is 5.77. The van der Waals surface area contributed by atoms with Crippen molar-refractivity contribution < 1.29 is 4.42 Å². The Balaban J connectivity index is 1.79. The van der Waals surface area contributed by atoms with Crippen molar-refractivity contribution in [3.8, 4) is 0 Å². The zero-order chi connectivity index (χ0) is 13.2. The van der Waals surface area contributed by atoms with Crippen molar-refractivity contribution in [2.75, 3.05) is 13.1 Å². The molecule has 1 aliphatic rings. The van der Waals surface area contributed by atoms with Crippen LogP contribution in [-0.4, -0.2) is 24.0 Å². The van der Waals surface area contributed by atoms with E-state index in [9.17, 15) is 0 Å². The van der Waals surface area contributed by atoms with Crippen LogP contribution in [0.2, 0.25) is 0 Å². The summed E-state index contributed by atoms with van der Waals surface area (Å²) in [5.41, 5.74) is 6.92. The third-order valence-electron chi connectivity index (χ3n) is 4.31. The lowest BCUT2D eigenvalue weighted by molar-refractivity contribution is 0.0924. The molecule has 102 valence electrons. The lowest BCUT2D eigenvalue weighted by atomic mass is 9.91. The summed E-state index contributed by atoms with van der Waals surface area (Å²) in [5, 5.41) is 1.19. The molecule has 1 aromatic heterocycles. The van der Waals surface area contributed by atoms with E-state index in [-0.39, 0.29) is 0 Å². The maximum absolute atomic E-state index is 5.94. The molecule has 1 fully saturated rings. The molecule has 2 unspecified atom stereocenters. The normalized spacial score (nSPS) is 24.9. The molecule has 2 aromatic rings. The summed E-state index contributed by atoms with van der Waals surface area (Å²) >= 11 is 0. The first kappa shape index (κ1) is 12.7. The van der Waals surface area contributed by atoms with Crippen molar-refractivity contribution in [1.29, 1.82) is 0 Å². The number of nitrogens with zero attached hydrogens (tertiary/aromatic N) is 1. The summed E-state index contributed by atoms with van der Waals surface area (Å²) in [6.45, 7) is 5.05. The quantitative estimate of drug-likeness (QED) is 0.920. The molecule has 1 aliphatic heterocycles. The van der Waals surface area contributed by atoms with Crippen LogP contribution in [-0.2, 0) is 6.54 Å². The molecular weight excluding hydrogens is 236 g/mol. The van der Waals surface area contributed by atoms with E-state index in [1.807, 2.05) is 18.2 Å². The van der Waals surface area contributed by atoms with Gasteiger partial charge in [-0.2, -0.15) is 0 Å². The van der Waals surface area contributed by atoms with Crippen LogP contribution in [0.15, 0.2) is 34.7 Å². The molecule has 0 saturated carbocycles. The Hall–Kier alpha value is -1.32. The molecule has 0 amide bonds. The lowest BCUT2D eigenvalue weighted by Crippen LogP contribution is -2.47. The van der Waals surface area contributed by atoms with Crippen LogP contribution >= 0.6 is 0 Å². The van der Waals surface area contributed by atoms with E-state index in [1.165, 1.54) is 18.2 Å². The van der Waals surface area contributed by atoms with Crippen molar-refractivity contribution >= 4 is 11.0 Å². The number of nitrogens with two attached hydrogens (primary N) is 1. The number of fused-ring (bicyclic) bond motifs is 1. The number of furan rings is 1. The minimum atomic E-state index is 0.488. The number of para-hydroxylation sites is 1. The summed E-state index contributed by atoms with van der Waals surface area (Å²) in [4.78, 5) is 2.48. The minimum Gasteiger partial charge on any atom is -0.460 e. The first-order chi connectivity index (χ1) is 9.28. The van der Waals surface area contributed by atoms with Gasteiger partial charge in [-0.15, -0.1) is 0 Å². The average molecular weight is 258 g/mol. The fourth-order valence-electron chi connectivity index (χ4n) is 3.23. The molecule has 0 radical (unpaired) electrons. The van der Waals surface area contributed by atoms with Gasteiger partial charge < -0.3 is 10.2 Å². The third-order valence-corrected chi connectivity index (χ3v) is 4.31. The zero-order valence-electron chi connectivity index (χ0n) is 11.5. The van der Waals surface area contributed by atoms with Crippen LogP contribution in [0, 0.1) is 5.92 Å². The Labute approximate surface area is 114 Å². The SMILES string of the molecule is CC1CCCN(Cc2cc3ccccc3o2)C1CN. The molecule has 3 heteroatoms. The molecule has 0 spiro atoms. The largest absolute Gasteiger partial charge is 0.460 e. The van der Waals surface area contributed by atoms with Gasteiger partial charge >= 0.3 is 0 Å². The fraction of sp³-hybridized carbons (Fsp3) is 0.500. The standard InChI is InChI=1S/C16H22N2O/c1-12-5-4-8-18(15(12)10-17)11-14-9-13-6-2-3-7-16(13)19-14/h2-3,6-7,9,12,15H,4-5,8,10-11,17H2,1H3. The second kappa shape index (κ2) is 5.35. The van der Waals surface area contributed by atoms with Crippen molar-refractivity contribution in [3.05, 3.63) is 36.1 Å². The predicted molar refractivity (Wildman–Crippen MR) is 77.9 cm³/mol. The molecule has 0 bridgehead atoms. The van der Waals surface area contributed by atoms with Crippen molar-refractivity contribution in [1.82, 2.24) is 4.90 Å². The minimum absolute atomic E-state index is 0.488. The van der Waals surface area contributed by atoms with Gasteiger partial charge in [-0.3, -0.25) is 4.90 Å². The summed E-state index contributed by atoms with van der Waals surface area (Å²) in [6, 6.07) is 10.8. The van der Waals surface area contributed by atoms with Crippen LogP contribution in [0.1, 0.15) is 25.5 Å². The van der Waals surface area contributed by atoms with Gasteiger partial charge in [0, 0.05) is 18.0 Å². The molecular formula is C16H22N2O. The van der Waals surface area contributed by atoms with Gasteiger partial charge in [-0.05, 0) is 37.4 Å². The smallest absolute Gasteiger partial charge is 0.134 e. The molecule has 1 saturated heterocycles. The van der Waals surface area contributed by atoms with Gasteiger partial charge in [0.25, 0.3) is 0 Å². The van der Waals surface area contributed by atoms with Gasteiger partial charge in [0.05, 0.1) is 6.54 Å². The summed E-state index contributed by atoms with van der Waals surface area (Å²) in [6.07, 6.45) is 2.55. The van der Waals surface area contributed by atoms with Gasteiger partial charge in [-0.25, -0.2) is 0 Å². The zero-order valence-corrected chi connectivity index (χ0v) is 11.5. The van der Waals surface area contributed by atoms with Crippen molar-refractivity contribution in [2.24, 2.45) is 11.7 Å². The Morgan fingerprint density at radius 3 is 3.00 bits per heavy atom. The van der Waals surface area contributed by atoms with Crippen molar-refractivity contribution in [3.63, 3.8) is 0 Å². The number of benzene rings is 1. The monoisotopic (exact) mass is 258 g/mol. The van der Waals surface area contributed by atoms with Gasteiger partial charge in [-0.1, -0.05) is 25.1 Å². The Morgan fingerprint density at radius 1 is 1.37 bits per heavy atom. The molecule has 2 heterocycles. The number of hydrogen-bond donors (Lipinski definition) is 1. The Kier molecular flexibility index (Phi) is 3.58.